The largest absolute Gasteiger partial charge is 0.325 e. The van der Waals surface area contributed by atoms with Crippen molar-refractivity contribution in [2.45, 2.75) is 13.8 Å². The van der Waals surface area contributed by atoms with E-state index in [1.54, 1.807) is 13.0 Å². The van der Waals surface area contributed by atoms with E-state index in [4.69, 9.17) is 34.8 Å². The molecule has 0 saturated carbocycles. The molecule has 1 aliphatic rings. The van der Waals surface area contributed by atoms with Gasteiger partial charge < -0.3 is 5.32 Å². The Morgan fingerprint density at radius 1 is 0.913 bits per heavy atom. The summed E-state index contributed by atoms with van der Waals surface area (Å²) < 4.78 is 0. The van der Waals surface area contributed by atoms with Gasteiger partial charge in [0, 0.05) is 17.5 Å². The molecule has 0 spiro atoms. The quantitative estimate of drug-likeness (QED) is 0.607. The van der Waals surface area contributed by atoms with E-state index in [2.05, 4.69) is 30.2 Å². The standard InChI is InChI=1S/C9H9ClN4.C5H4Cl2N2/c1-6-5-8(14-9(10)12-6)13-7-3-2-4-11-7;1-3-2-4(6)9-5(7)8-3/h2-3,5H,4H2,1H3,(H,11,12,13,14);2H,1H3. The van der Waals surface area contributed by atoms with Gasteiger partial charge in [-0.05, 0) is 49.2 Å². The Kier molecular flexibility index (Phi) is 6.27. The van der Waals surface area contributed by atoms with Crippen LogP contribution in [0.5, 0.6) is 0 Å². The third-order valence-corrected chi connectivity index (χ3v) is 3.05. The van der Waals surface area contributed by atoms with Gasteiger partial charge in [-0.1, -0.05) is 17.7 Å². The first-order valence-corrected chi connectivity index (χ1v) is 7.71. The van der Waals surface area contributed by atoms with Crippen LogP contribution in [0.25, 0.3) is 0 Å². The number of aromatic nitrogens is 4. The second kappa shape index (κ2) is 8.19. The molecule has 2 aromatic heterocycles. The fraction of sp³-hybridized carbons (Fsp3) is 0.214. The van der Waals surface area contributed by atoms with E-state index in [0.29, 0.717) is 11.0 Å². The lowest BCUT2D eigenvalue weighted by Gasteiger charge is -2.04. The Bertz CT molecular complexity index is 689. The molecule has 9 heteroatoms. The van der Waals surface area contributed by atoms with Crippen molar-refractivity contribution in [3.8, 4) is 0 Å². The molecule has 3 heterocycles. The second-order valence-corrected chi connectivity index (χ2v) is 5.58. The number of aliphatic imine (C=N–C) groups is 1. The van der Waals surface area contributed by atoms with Crippen molar-refractivity contribution in [3.05, 3.63) is 51.4 Å². The zero-order valence-electron chi connectivity index (χ0n) is 12.4. The van der Waals surface area contributed by atoms with Crippen LogP contribution < -0.4 is 5.32 Å². The summed E-state index contributed by atoms with van der Waals surface area (Å²) in [5.74, 6) is 1.48. The van der Waals surface area contributed by atoms with Gasteiger partial charge in [0.05, 0.1) is 6.54 Å². The van der Waals surface area contributed by atoms with Crippen LogP contribution >= 0.6 is 34.8 Å². The topological polar surface area (TPSA) is 76.0 Å². The molecule has 0 atom stereocenters. The molecular formula is C14H13Cl3N6. The minimum atomic E-state index is 0.194. The number of hydrogen-bond acceptors (Lipinski definition) is 6. The van der Waals surface area contributed by atoms with E-state index in [0.717, 1.165) is 23.8 Å². The van der Waals surface area contributed by atoms with E-state index in [1.807, 2.05) is 25.1 Å². The van der Waals surface area contributed by atoms with E-state index in [1.165, 1.54) is 0 Å². The van der Waals surface area contributed by atoms with Gasteiger partial charge >= 0.3 is 0 Å². The number of rotatable bonds is 1. The summed E-state index contributed by atoms with van der Waals surface area (Å²) in [6, 6.07) is 3.47. The molecule has 0 saturated heterocycles. The van der Waals surface area contributed by atoms with Crippen molar-refractivity contribution in [2.24, 2.45) is 4.99 Å². The highest BCUT2D eigenvalue weighted by Gasteiger charge is 2.03. The summed E-state index contributed by atoms with van der Waals surface area (Å²) in [4.78, 5) is 19.6. The summed E-state index contributed by atoms with van der Waals surface area (Å²) in [6.07, 6.45) is 3.88. The molecule has 23 heavy (non-hydrogen) atoms. The zero-order chi connectivity index (χ0) is 16.8. The number of halogens is 3. The SMILES string of the molecule is Cc1cc(Cl)nc(Cl)n1.Cc1cc(NC2=NCC=C2)nc(Cl)n1. The Balaban J connectivity index is 0.000000185. The molecule has 0 aromatic carbocycles. The van der Waals surface area contributed by atoms with Crippen molar-refractivity contribution in [3.63, 3.8) is 0 Å². The van der Waals surface area contributed by atoms with Crippen LogP contribution in [0.2, 0.25) is 15.7 Å². The van der Waals surface area contributed by atoms with Gasteiger partial charge in [0.1, 0.15) is 16.8 Å². The number of aryl methyl sites for hydroxylation is 2. The molecule has 0 bridgehead atoms. The van der Waals surface area contributed by atoms with Gasteiger partial charge in [-0.3, -0.25) is 4.99 Å². The smallest absolute Gasteiger partial charge is 0.224 e. The summed E-state index contributed by atoms with van der Waals surface area (Å²) in [6.45, 7) is 4.39. The molecule has 0 amide bonds. The van der Waals surface area contributed by atoms with Crippen molar-refractivity contribution in [1.82, 2.24) is 19.9 Å². The summed E-state index contributed by atoms with van der Waals surface area (Å²) in [5, 5.41) is 3.87. The van der Waals surface area contributed by atoms with Crippen molar-refractivity contribution in [2.75, 3.05) is 11.9 Å². The fourth-order valence-corrected chi connectivity index (χ4v) is 2.40. The highest BCUT2D eigenvalue weighted by Crippen LogP contribution is 2.11. The molecule has 0 radical (unpaired) electrons. The lowest BCUT2D eigenvalue weighted by atomic mass is 10.4. The lowest BCUT2D eigenvalue weighted by Crippen LogP contribution is -2.09. The highest BCUT2D eigenvalue weighted by atomic mass is 35.5. The molecule has 1 aliphatic heterocycles. The fourth-order valence-electron chi connectivity index (χ4n) is 1.67. The first-order valence-electron chi connectivity index (χ1n) is 6.58. The maximum absolute atomic E-state index is 5.72. The van der Waals surface area contributed by atoms with E-state index >= 15 is 0 Å². The van der Waals surface area contributed by atoms with Crippen molar-refractivity contribution in [1.29, 1.82) is 0 Å². The van der Waals surface area contributed by atoms with Crippen LogP contribution in [0.15, 0.2) is 29.3 Å². The second-order valence-electron chi connectivity index (χ2n) is 4.52. The van der Waals surface area contributed by atoms with Crippen LogP contribution in [0.3, 0.4) is 0 Å². The number of amidine groups is 1. The molecule has 6 nitrogen and oxygen atoms in total. The molecule has 120 valence electrons. The number of hydrogen-bond donors (Lipinski definition) is 1. The summed E-state index contributed by atoms with van der Waals surface area (Å²) in [7, 11) is 0. The maximum atomic E-state index is 5.72. The van der Waals surface area contributed by atoms with Crippen LogP contribution in [0.1, 0.15) is 11.4 Å². The monoisotopic (exact) mass is 370 g/mol. The third kappa shape index (κ3) is 6.09. The van der Waals surface area contributed by atoms with Gasteiger partial charge in [0.2, 0.25) is 10.6 Å². The van der Waals surface area contributed by atoms with Gasteiger partial charge in [-0.25, -0.2) is 19.9 Å². The molecule has 2 aromatic rings. The number of nitrogens with zero attached hydrogens (tertiary/aromatic N) is 5. The van der Waals surface area contributed by atoms with Gasteiger partial charge in [0.25, 0.3) is 0 Å². The third-order valence-electron chi connectivity index (χ3n) is 2.52. The molecule has 0 unspecified atom stereocenters. The Labute approximate surface area is 148 Å². The first kappa shape index (κ1) is 17.6. The first-order chi connectivity index (χ1) is 10.9. The minimum Gasteiger partial charge on any atom is -0.325 e. The van der Waals surface area contributed by atoms with Crippen LogP contribution in [-0.4, -0.2) is 32.3 Å². The van der Waals surface area contributed by atoms with Gasteiger partial charge in [0.15, 0.2) is 0 Å². The number of anilines is 1. The van der Waals surface area contributed by atoms with Crippen LogP contribution in [-0.2, 0) is 0 Å². The zero-order valence-corrected chi connectivity index (χ0v) is 14.7. The average Bonchev–Trinajstić information content (AvgIpc) is 2.89. The normalized spacial score (nSPS) is 12.5. The Morgan fingerprint density at radius 3 is 2.09 bits per heavy atom. The number of nitrogens with one attached hydrogen (secondary N) is 1. The average molecular weight is 372 g/mol. The molecule has 0 aliphatic carbocycles. The molecule has 3 rings (SSSR count). The highest BCUT2D eigenvalue weighted by molar-refractivity contribution is 6.31. The van der Waals surface area contributed by atoms with Crippen molar-refractivity contribution < 1.29 is 0 Å². The van der Waals surface area contributed by atoms with Gasteiger partial charge in [-0.15, -0.1) is 0 Å². The molecular weight excluding hydrogens is 359 g/mol. The Hall–Kier alpha value is -1.76. The minimum absolute atomic E-state index is 0.194. The van der Waals surface area contributed by atoms with Gasteiger partial charge in [-0.2, -0.15) is 0 Å². The lowest BCUT2D eigenvalue weighted by molar-refractivity contribution is 1.10. The summed E-state index contributed by atoms with van der Waals surface area (Å²) >= 11 is 16.7. The van der Waals surface area contributed by atoms with E-state index in [9.17, 15) is 0 Å². The van der Waals surface area contributed by atoms with E-state index in [-0.39, 0.29) is 10.6 Å². The van der Waals surface area contributed by atoms with E-state index < -0.39 is 0 Å². The van der Waals surface area contributed by atoms with Crippen molar-refractivity contribution >= 4 is 46.5 Å². The predicted molar refractivity (Wildman–Crippen MR) is 93.6 cm³/mol. The summed E-state index contributed by atoms with van der Waals surface area (Å²) in [5.41, 5.74) is 1.61. The molecule has 1 N–H and O–H groups in total. The van der Waals surface area contributed by atoms with Crippen LogP contribution in [0, 0.1) is 13.8 Å². The predicted octanol–water partition coefficient (Wildman–Crippen LogP) is 3.91. The maximum Gasteiger partial charge on any atom is 0.224 e. The molecule has 0 fully saturated rings. The Morgan fingerprint density at radius 2 is 1.57 bits per heavy atom. The van der Waals surface area contributed by atoms with Crippen LogP contribution in [0.4, 0.5) is 5.82 Å².